The average Bonchev–Trinajstić information content (AvgIpc) is 3.05. The molecule has 0 unspecified atom stereocenters. The highest BCUT2D eigenvalue weighted by Crippen LogP contribution is 2.31. The number of carbonyl (C=O) groups excluding carboxylic acids is 1. The van der Waals surface area contributed by atoms with E-state index in [-0.39, 0.29) is 5.91 Å². The van der Waals surface area contributed by atoms with E-state index >= 15 is 0 Å². The maximum absolute atomic E-state index is 12.5. The van der Waals surface area contributed by atoms with Crippen molar-refractivity contribution in [2.45, 2.75) is 13.0 Å². The Balaban J connectivity index is 1.59. The number of halogens is 1. The summed E-state index contributed by atoms with van der Waals surface area (Å²) in [4.78, 5) is 18.3. The first kappa shape index (κ1) is 14.9. The molecule has 0 aliphatic carbocycles. The van der Waals surface area contributed by atoms with E-state index in [1.807, 2.05) is 24.3 Å². The van der Waals surface area contributed by atoms with Gasteiger partial charge in [-0.25, -0.2) is 0 Å². The third kappa shape index (κ3) is 2.67. The minimum atomic E-state index is -0.0147. The lowest BCUT2D eigenvalue weighted by Gasteiger charge is -2.26. The van der Waals surface area contributed by atoms with Gasteiger partial charge in [0.1, 0.15) is 5.69 Å². The first-order valence-corrected chi connectivity index (χ1v) is 8.03. The molecule has 0 fully saturated rings. The van der Waals surface area contributed by atoms with E-state index in [4.69, 9.17) is 16.1 Å². The summed E-state index contributed by atoms with van der Waals surface area (Å²) in [6.07, 6.45) is 3.96. The van der Waals surface area contributed by atoms with Crippen LogP contribution in [0, 0.1) is 0 Å². The van der Waals surface area contributed by atoms with Crippen molar-refractivity contribution in [3.05, 3.63) is 70.6 Å². The lowest BCUT2D eigenvalue weighted by molar-refractivity contribution is 0.0731. The van der Waals surface area contributed by atoms with Gasteiger partial charge in [0.05, 0.1) is 6.54 Å². The van der Waals surface area contributed by atoms with Crippen LogP contribution in [0.1, 0.15) is 21.6 Å². The molecule has 0 N–H and O–H groups in total. The normalized spacial score (nSPS) is 13.6. The van der Waals surface area contributed by atoms with Gasteiger partial charge >= 0.3 is 0 Å². The van der Waals surface area contributed by atoms with Crippen LogP contribution in [0.4, 0.5) is 0 Å². The van der Waals surface area contributed by atoms with Crippen LogP contribution in [0.15, 0.2) is 53.3 Å². The Hall–Kier alpha value is -2.66. The van der Waals surface area contributed by atoms with Crippen molar-refractivity contribution in [3.8, 4) is 11.3 Å². The molecular formula is C18H14ClN3O2. The molecule has 5 nitrogen and oxygen atoms in total. The smallest absolute Gasteiger partial charge is 0.254 e. The highest BCUT2D eigenvalue weighted by molar-refractivity contribution is 6.30. The van der Waals surface area contributed by atoms with Crippen molar-refractivity contribution >= 4 is 17.5 Å². The van der Waals surface area contributed by atoms with Crippen molar-refractivity contribution in [3.63, 3.8) is 0 Å². The number of benzene rings is 1. The molecule has 3 heterocycles. The standard InChI is InChI=1S/C18H14ClN3O2/c19-14-3-1-12(2-4-14)17-15-7-10-22(11-16(15)21-24-17)18(23)13-5-8-20-9-6-13/h1-6,8-9H,7,10-11H2. The number of fused-ring (bicyclic) bond motifs is 1. The van der Waals surface area contributed by atoms with Crippen LogP contribution >= 0.6 is 11.6 Å². The molecule has 2 aromatic heterocycles. The fourth-order valence-corrected chi connectivity index (χ4v) is 3.04. The summed E-state index contributed by atoms with van der Waals surface area (Å²) in [5.74, 6) is 0.747. The Bertz CT molecular complexity index is 875. The van der Waals surface area contributed by atoms with E-state index in [9.17, 15) is 4.79 Å². The molecule has 1 aliphatic heterocycles. The minimum Gasteiger partial charge on any atom is -0.356 e. The van der Waals surface area contributed by atoms with Crippen LogP contribution in [0.5, 0.6) is 0 Å². The molecule has 0 atom stereocenters. The van der Waals surface area contributed by atoms with E-state index in [0.29, 0.717) is 30.1 Å². The van der Waals surface area contributed by atoms with Crippen molar-refractivity contribution < 1.29 is 9.32 Å². The number of carbonyl (C=O) groups is 1. The number of amides is 1. The topological polar surface area (TPSA) is 59.2 Å². The van der Waals surface area contributed by atoms with Crippen molar-refractivity contribution in [2.24, 2.45) is 0 Å². The Morgan fingerprint density at radius 3 is 2.62 bits per heavy atom. The molecule has 0 saturated heterocycles. The fourth-order valence-electron chi connectivity index (χ4n) is 2.91. The van der Waals surface area contributed by atoms with Gasteiger partial charge in [0, 0.05) is 40.7 Å². The van der Waals surface area contributed by atoms with Gasteiger partial charge in [-0.3, -0.25) is 9.78 Å². The molecule has 4 rings (SSSR count). The Morgan fingerprint density at radius 1 is 1.12 bits per heavy atom. The third-order valence-electron chi connectivity index (χ3n) is 4.16. The zero-order valence-electron chi connectivity index (χ0n) is 12.8. The molecule has 0 bridgehead atoms. The molecule has 120 valence electrons. The van der Waals surface area contributed by atoms with E-state index in [1.165, 1.54) is 0 Å². The van der Waals surface area contributed by atoms with Crippen LogP contribution in [-0.2, 0) is 13.0 Å². The van der Waals surface area contributed by atoms with Crippen LogP contribution in [-0.4, -0.2) is 27.5 Å². The number of nitrogens with zero attached hydrogens (tertiary/aromatic N) is 3. The first-order valence-electron chi connectivity index (χ1n) is 7.65. The lowest BCUT2D eigenvalue weighted by Crippen LogP contribution is -2.35. The summed E-state index contributed by atoms with van der Waals surface area (Å²) in [5.41, 5.74) is 3.46. The zero-order valence-corrected chi connectivity index (χ0v) is 13.5. The summed E-state index contributed by atoms with van der Waals surface area (Å²) >= 11 is 5.93. The Kier molecular flexibility index (Phi) is 3.78. The predicted molar refractivity (Wildman–Crippen MR) is 89.6 cm³/mol. The number of pyridine rings is 1. The summed E-state index contributed by atoms with van der Waals surface area (Å²) < 4.78 is 5.54. The molecular weight excluding hydrogens is 326 g/mol. The predicted octanol–water partition coefficient (Wildman–Crippen LogP) is 3.59. The third-order valence-corrected chi connectivity index (χ3v) is 4.41. The molecule has 1 aliphatic rings. The average molecular weight is 340 g/mol. The van der Waals surface area contributed by atoms with Gasteiger partial charge in [0.2, 0.25) is 0 Å². The molecule has 24 heavy (non-hydrogen) atoms. The maximum atomic E-state index is 12.5. The number of hydrogen-bond donors (Lipinski definition) is 0. The lowest BCUT2D eigenvalue weighted by atomic mass is 10.00. The Labute approximate surface area is 143 Å². The highest BCUT2D eigenvalue weighted by Gasteiger charge is 2.27. The summed E-state index contributed by atoms with van der Waals surface area (Å²) in [7, 11) is 0. The second-order valence-corrected chi connectivity index (χ2v) is 6.09. The van der Waals surface area contributed by atoms with Gasteiger partial charge in [-0.1, -0.05) is 16.8 Å². The first-order chi connectivity index (χ1) is 11.7. The van der Waals surface area contributed by atoms with Crippen molar-refractivity contribution in [2.75, 3.05) is 6.54 Å². The number of hydrogen-bond acceptors (Lipinski definition) is 4. The van der Waals surface area contributed by atoms with E-state index in [0.717, 1.165) is 22.6 Å². The quantitative estimate of drug-likeness (QED) is 0.716. The highest BCUT2D eigenvalue weighted by atomic mass is 35.5. The van der Waals surface area contributed by atoms with Crippen molar-refractivity contribution in [1.82, 2.24) is 15.0 Å². The van der Waals surface area contributed by atoms with E-state index in [2.05, 4.69) is 10.1 Å². The van der Waals surface area contributed by atoms with Gasteiger partial charge < -0.3 is 9.42 Å². The van der Waals surface area contributed by atoms with Gasteiger partial charge in [0.15, 0.2) is 5.76 Å². The van der Waals surface area contributed by atoms with Crippen LogP contribution in [0.25, 0.3) is 11.3 Å². The molecule has 0 saturated carbocycles. The second-order valence-electron chi connectivity index (χ2n) is 5.66. The largest absolute Gasteiger partial charge is 0.356 e. The zero-order chi connectivity index (χ0) is 16.5. The number of rotatable bonds is 2. The van der Waals surface area contributed by atoms with E-state index < -0.39 is 0 Å². The van der Waals surface area contributed by atoms with Gasteiger partial charge in [-0.2, -0.15) is 0 Å². The summed E-state index contributed by atoms with van der Waals surface area (Å²) in [6.45, 7) is 1.09. The fraction of sp³-hybridized carbons (Fsp3) is 0.167. The summed E-state index contributed by atoms with van der Waals surface area (Å²) in [6, 6.07) is 10.9. The van der Waals surface area contributed by atoms with Crippen LogP contribution < -0.4 is 0 Å². The number of aromatic nitrogens is 2. The van der Waals surface area contributed by atoms with Crippen molar-refractivity contribution in [1.29, 1.82) is 0 Å². The molecule has 1 amide bonds. The molecule has 6 heteroatoms. The summed E-state index contributed by atoms with van der Waals surface area (Å²) in [5, 5.41) is 4.85. The Morgan fingerprint density at radius 2 is 1.88 bits per heavy atom. The van der Waals surface area contributed by atoms with Crippen LogP contribution in [0.2, 0.25) is 5.02 Å². The SMILES string of the molecule is O=C(c1ccncc1)N1CCc2c(noc2-c2ccc(Cl)cc2)C1. The molecule has 0 radical (unpaired) electrons. The van der Waals surface area contributed by atoms with E-state index in [1.54, 1.807) is 29.4 Å². The maximum Gasteiger partial charge on any atom is 0.254 e. The van der Waals surface area contributed by atoms with Gasteiger partial charge in [-0.05, 0) is 42.8 Å². The van der Waals surface area contributed by atoms with Gasteiger partial charge in [-0.15, -0.1) is 0 Å². The monoisotopic (exact) mass is 339 g/mol. The molecule has 0 spiro atoms. The molecule has 3 aromatic rings. The molecule has 1 aromatic carbocycles. The minimum absolute atomic E-state index is 0.0147. The van der Waals surface area contributed by atoms with Gasteiger partial charge in [0.25, 0.3) is 5.91 Å². The van der Waals surface area contributed by atoms with Crippen LogP contribution in [0.3, 0.4) is 0 Å². The second kappa shape index (κ2) is 6.09.